The first kappa shape index (κ1) is 22.0. The molecule has 2 aromatic carbocycles. The Balaban J connectivity index is 1.99. The van der Waals surface area contributed by atoms with Crippen molar-refractivity contribution >= 4 is 21.6 Å². The molecule has 1 N–H and O–H groups in total. The van der Waals surface area contributed by atoms with Crippen molar-refractivity contribution in [1.29, 1.82) is 0 Å². The highest BCUT2D eigenvalue weighted by Gasteiger charge is 2.28. The number of carbonyl (C=O) groups excluding carboxylic acids is 1. The average molecular weight is 403 g/mol. The van der Waals surface area contributed by atoms with Crippen molar-refractivity contribution in [3.63, 3.8) is 0 Å². The van der Waals surface area contributed by atoms with Crippen LogP contribution in [0.15, 0.2) is 48.5 Å². The van der Waals surface area contributed by atoms with Gasteiger partial charge in [0, 0.05) is 6.54 Å². The maximum atomic E-state index is 12.6. The van der Waals surface area contributed by atoms with Crippen LogP contribution in [0, 0.1) is 6.92 Å². The van der Waals surface area contributed by atoms with Crippen LogP contribution < -0.4 is 9.62 Å². The molecule has 0 aliphatic heterocycles. The summed E-state index contributed by atoms with van der Waals surface area (Å²) in [4.78, 5) is 12.6. The van der Waals surface area contributed by atoms with E-state index in [0.29, 0.717) is 12.2 Å². The molecule has 2 rings (SSSR count). The SMILES string of the molecule is CCc1ccc(N([C@@H](C)C(=O)NCCCc2cccc(C)c2)S(C)(=O)=O)cc1. The highest BCUT2D eigenvalue weighted by Crippen LogP contribution is 2.21. The molecule has 0 unspecified atom stereocenters. The lowest BCUT2D eigenvalue weighted by Gasteiger charge is -2.28. The normalized spacial score (nSPS) is 12.4. The fraction of sp³-hybridized carbons (Fsp3) is 0.409. The first-order chi connectivity index (χ1) is 13.2. The number of carbonyl (C=O) groups is 1. The summed E-state index contributed by atoms with van der Waals surface area (Å²) in [5.74, 6) is -0.297. The topological polar surface area (TPSA) is 66.5 Å². The molecular formula is C22H30N2O3S. The molecule has 0 saturated carbocycles. The summed E-state index contributed by atoms with van der Waals surface area (Å²) in [6.07, 6.45) is 3.66. The number of nitrogens with one attached hydrogen (secondary N) is 1. The van der Waals surface area contributed by atoms with E-state index in [0.717, 1.165) is 31.1 Å². The third-order valence-electron chi connectivity index (χ3n) is 4.71. The monoisotopic (exact) mass is 402 g/mol. The van der Waals surface area contributed by atoms with Crippen LogP contribution in [0.2, 0.25) is 0 Å². The molecule has 0 bridgehead atoms. The first-order valence-electron chi connectivity index (χ1n) is 9.64. The van der Waals surface area contributed by atoms with Gasteiger partial charge in [0.25, 0.3) is 0 Å². The molecular weight excluding hydrogens is 372 g/mol. The van der Waals surface area contributed by atoms with Crippen LogP contribution in [0.4, 0.5) is 5.69 Å². The molecule has 0 spiro atoms. The third-order valence-corrected chi connectivity index (χ3v) is 5.95. The number of amides is 1. The third kappa shape index (κ3) is 6.09. The van der Waals surface area contributed by atoms with Crippen LogP contribution in [0.3, 0.4) is 0 Å². The van der Waals surface area contributed by atoms with E-state index in [2.05, 4.69) is 30.4 Å². The first-order valence-corrected chi connectivity index (χ1v) is 11.5. The molecule has 0 saturated heterocycles. The Labute approximate surface area is 168 Å². The van der Waals surface area contributed by atoms with E-state index in [-0.39, 0.29) is 5.91 Å². The Morgan fingerprint density at radius 1 is 1.11 bits per heavy atom. The molecule has 152 valence electrons. The van der Waals surface area contributed by atoms with Gasteiger partial charge >= 0.3 is 0 Å². The zero-order valence-corrected chi connectivity index (χ0v) is 17.9. The standard InChI is InChI=1S/C22H30N2O3S/c1-5-19-11-13-21(14-12-19)24(28(4,26)27)18(3)22(25)23-15-7-10-20-9-6-8-17(2)16-20/h6,8-9,11-14,16,18H,5,7,10,15H2,1-4H3,(H,23,25)/t18-/m0/s1. The second-order valence-electron chi connectivity index (χ2n) is 7.14. The number of hydrogen-bond donors (Lipinski definition) is 1. The van der Waals surface area contributed by atoms with Crippen molar-refractivity contribution in [2.75, 3.05) is 17.1 Å². The van der Waals surface area contributed by atoms with Gasteiger partial charge < -0.3 is 5.32 Å². The minimum absolute atomic E-state index is 0.297. The van der Waals surface area contributed by atoms with Crippen molar-refractivity contribution in [2.24, 2.45) is 0 Å². The zero-order chi connectivity index (χ0) is 20.7. The molecule has 5 nitrogen and oxygen atoms in total. The molecule has 0 aliphatic carbocycles. The average Bonchev–Trinajstić information content (AvgIpc) is 2.64. The largest absolute Gasteiger partial charge is 0.354 e. The van der Waals surface area contributed by atoms with Crippen molar-refractivity contribution in [2.45, 2.75) is 46.1 Å². The van der Waals surface area contributed by atoms with Gasteiger partial charge in [-0.05, 0) is 56.4 Å². The van der Waals surface area contributed by atoms with Gasteiger partial charge in [0.2, 0.25) is 15.9 Å². The summed E-state index contributed by atoms with van der Waals surface area (Å²) in [5, 5.41) is 2.87. The number of rotatable bonds is 9. The maximum absolute atomic E-state index is 12.6. The van der Waals surface area contributed by atoms with E-state index in [1.807, 2.05) is 25.1 Å². The fourth-order valence-electron chi connectivity index (χ4n) is 3.21. The molecule has 1 atom stereocenters. The predicted octanol–water partition coefficient (Wildman–Crippen LogP) is 3.46. The summed E-state index contributed by atoms with van der Waals surface area (Å²) in [6, 6.07) is 14.8. The zero-order valence-electron chi connectivity index (χ0n) is 17.1. The number of anilines is 1. The summed E-state index contributed by atoms with van der Waals surface area (Å²) in [7, 11) is -3.59. The molecule has 0 aromatic heterocycles. The number of nitrogens with zero attached hydrogens (tertiary/aromatic N) is 1. The minimum Gasteiger partial charge on any atom is -0.354 e. The molecule has 6 heteroatoms. The van der Waals surface area contributed by atoms with E-state index in [9.17, 15) is 13.2 Å². The van der Waals surface area contributed by atoms with E-state index >= 15 is 0 Å². The van der Waals surface area contributed by atoms with Gasteiger partial charge in [-0.25, -0.2) is 8.42 Å². The molecule has 0 heterocycles. The lowest BCUT2D eigenvalue weighted by Crippen LogP contribution is -2.48. The van der Waals surface area contributed by atoms with Crippen LogP contribution in [-0.2, 0) is 27.7 Å². The highest BCUT2D eigenvalue weighted by atomic mass is 32.2. The van der Waals surface area contributed by atoms with Crippen LogP contribution in [0.1, 0.15) is 37.0 Å². The van der Waals surface area contributed by atoms with Crippen LogP contribution in [-0.4, -0.2) is 33.2 Å². The fourth-order valence-corrected chi connectivity index (χ4v) is 4.38. The Bertz CT molecular complexity index is 892. The van der Waals surface area contributed by atoms with Crippen molar-refractivity contribution in [1.82, 2.24) is 5.32 Å². The van der Waals surface area contributed by atoms with Gasteiger partial charge in [-0.3, -0.25) is 9.10 Å². The Hall–Kier alpha value is -2.34. The molecule has 0 fully saturated rings. The second-order valence-corrected chi connectivity index (χ2v) is 9.00. The Kier molecular flexibility index (Phi) is 7.63. The van der Waals surface area contributed by atoms with Gasteiger partial charge in [-0.2, -0.15) is 0 Å². The number of sulfonamides is 1. The predicted molar refractivity (Wildman–Crippen MR) is 115 cm³/mol. The Morgan fingerprint density at radius 3 is 2.36 bits per heavy atom. The molecule has 0 aliphatic rings. The van der Waals surface area contributed by atoms with E-state index in [1.165, 1.54) is 15.4 Å². The van der Waals surface area contributed by atoms with Crippen LogP contribution in [0.5, 0.6) is 0 Å². The lowest BCUT2D eigenvalue weighted by atomic mass is 10.1. The number of hydrogen-bond acceptors (Lipinski definition) is 3. The van der Waals surface area contributed by atoms with Gasteiger partial charge in [0.05, 0.1) is 11.9 Å². The molecule has 1 amide bonds. The van der Waals surface area contributed by atoms with Gasteiger partial charge in [0.1, 0.15) is 6.04 Å². The van der Waals surface area contributed by atoms with Crippen molar-refractivity contribution in [3.05, 3.63) is 65.2 Å². The maximum Gasteiger partial charge on any atom is 0.243 e. The highest BCUT2D eigenvalue weighted by molar-refractivity contribution is 7.92. The van der Waals surface area contributed by atoms with Gasteiger partial charge in [0.15, 0.2) is 0 Å². The number of benzene rings is 2. The van der Waals surface area contributed by atoms with Crippen molar-refractivity contribution < 1.29 is 13.2 Å². The van der Waals surface area contributed by atoms with E-state index in [4.69, 9.17) is 0 Å². The second kappa shape index (κ2) is 9.73. The lowest BCUT2D eigenvalue weighted by molar-refractivity contribution is -0.121. The summed E-state index contributed by atoms with van der Waals surface area (Å²) >= 11 is 0. The summed E-state index contributed by atoms with van der Waals surface area (Å²) in [6.45, 7) is 6.21. The van der Waals surface area contributed by atoms with Crippen LogP contribution in [0.25, 0.3) is 0 Å². The van der Waals surface area contributed by atoms with Crippen LogP contribution >= 0.6 is 0 Å². The van der Waals surface area contributed by atoms with Gasteiger partial charge in [-0.15, -0.1) is 0 Å². The molecule has 28 heavy (non-hydrogen) atoms. The quantitative estimate of drug-likeness (QED) is 0.653. The Morgan fingerprint density at radius 2 is 1.79 bits per heavy atom. The summed E-state index contributed by atoms with van der Waals surface area (Å²) < 4.78 is 25.8. The minimum atomic E-state index is -3.59. The number of aryl methyl sites for hydroxylation is 3. The van der Waals surface area contributed by atoms with E-state index in [1.54, 1.807) is 19.1 Å². The van der Waals surface area contributed by atoms with E-state index < -0.39 is 16.1 Å². The van der Waals surface area contributed by atoms with Gasteiger partial charge in [-0.1, -0.05) is 48.9 Å². The summed E-state index contributed by atoms with van der Waals surface area (Å²) in [5.41, 5.74) is 4.07. The smallest absolute Gasteiger partial charge is 0.243 e. The molecule has 0 radical (unpaired) electrons. The van der Waals surface area contributed by atoms with Crippen molar-refractivity contribution in [3.8, 4) is 0 Å². The molecule has 2 aromatic rings.